The van der Waals surface area contributed by atoms with Crippen LogP contribution < -0.4 is 5.73 Å². The Hall–Kier alpha value is -0.990. The van der Waals surface area contributed by atoms with Crippen molar-refractivity contribution >= 4 is 5.84 Å². The average Bonchev–Trinajstić information content (AvgIpc) is 1.83. The fourth-order valence-corrected chi connectivity index (χ4v) is 0.268. The van der Waals surface area contributed by atoms with Crippen molar-refractivity contribution in [2.75, 3.05) is 0 Å². The quantitative estimate of drug-likeness (QED) is 0.333. The molecular weight excluding hydrogens is 116 g/mol. The lowest BCUT2D eigenvalue weighted by atomic mass is 10.4. The van der Waals surface area contributed by atoms with Crippen molar-refractivity contribution in [2.24, 2.45) is 10.7 Å². The zero-order chi connectivity index (χ0) is 7.28. The van der Waals surface area contributed by atoms with Crippen LogP contribution in [0.5, 0.6) is 0 Å². The first-order chi connectivity index (χ1) is 4.16. The topological polar surface area (TPSA) is 58.6 Å². The lowest BCUT2D eigenvalue weighted by molar-refractivity contribution is 0.393. The summed E-state index contributed by atoms with van der Waals surface area (Å²) in [6, 6.07) is 0. The molecule has 52 valence electrons. The molecule has 0 heterocycles. The number of hydrogen-bond acceptors (Lipinski definition) is 2. The van der Waals surface area contributed by atoms with Gasteiger partial charge in [0.1, 0.15) is 5.76 Å². The molecule has 3 N–H and O–H groups in total. The van der Waals surface area contributed by atoms with Crippen LogP contribution >= 0.6 is 0 Å². The third kappa shape index (κ3) is 4.87. The van der Waals surface area contributed by atoms with Gasteiger partial charge in [0.2, 0.25) is 0 Å². The van der Waals surface area contributed by atoms with E-state index in [1.165, 1.54) is 6.20 Å². The summed E-state index contributed by atoms with van der Waals surface area (Å²) in [6.45, 7) is 3.51. The molecule has 9 heavy (non-hydrogen) atoms. The van der Waals surface area contributed by atoms with Gasteiger partial charge in [-0.05, 0) is 6.92 Å². The van der Waals surface area contributed by atoms with E-state index >= 15 is 0 Å². The highest BCUT2D eigenvalue weighted by Crippen LogP contribution is 1.92. The molecule has 0 aromatic heterocycles. The minimum Gasteiger partial charge on any atom is -0.511 e. The minimum atomic E-state index is 0.250. The van der Waals surface area contributed by atoms with Crippen LogP contribution in [0.15, 0.2) is 17.0 Å². The van der Waals surface area contributed by atoms with Gasteiger partial charge in [0.25, 0.3) is 0 Å². The van der Waals surface area contributed by atoms with Gasteiger partial charge in [-0.3, -0.25) is 0 Å². The summed E-state index contributed by atoms with van der Waals surface area (Å²) < 4.78 is 0. The van der Waals surface area contributed by atoms with E-state index in [9.17, 15) is 0 Å². The number of aliphatic hydroxyl groups is 1. The van der Waals surface area contributed by atoms with Crippen molar-refractivity contribution in [1.29, 1.82) is 0 Å². The minimum absolute atomic E-state index is 0.250. The fraction of sp³-hybridized carbons (Fsp3) is 0.500. The first kappa shape index (κ1) is 8.01. The number of amidine groups is 1. The highest BCUT2D eigenvalue weighted by Gasteiger charge is 1.82. The van der Waals surface area contributed by atoms with Gasteiger partial charge in [-0.25, -0.2) is 4.99 Å². The second-order valence-electron chi connectivity index (χ2n) is 1.74. The van der Waals surface area contributed by atoms with Crippen molar-refractivity contribution in [2.45, 2.75) is 20.3 Å². The number of aliphatic imine (C=N–C) groups is 1. The smallest absolute Gasteiger partial charge is 0.110 e. The molecule has 0 fully saturated rings. The zero-order valence-corrected chi connectivity index (χ0v) is 5.76. The van der Waals surface area contributed by atoms with Gasteiger partial charge in [0, 0.05) is 6.42 Å². The van der Waals surface area contributed by atoms with E-state index in [2.05, 4.69) is 4.99 Å². The Morgan fingerprint density at radius 2 is 2.33 bits per heavy atom. The maximum atomic E-state index is 8.81. The molecule has 0 atom stereocenters. The zero-order valence-electron chi connectivity index (χ0n) is 5.76. The van der Waals surface area contributed by atoms with Crippen molar-refractivity contribution < 1.29 is 5.11 Å². The number of hydrogen-bond donors (Lipinski definition) is 2. The van der Waals surface area contributed by atoms with Gasteiger partial charge in [-0.15, -0.1) is 0 Å². The van der Waals surface area contributed by atoms with E-state index in [-0.39, 0.29) is 5.76 Å². The first-order valence-electron chi connectivity index (χ1n) is 2.84. The number of allylic oxidation sites excluding steroid dienone is 1. The first-order valence-corrected chi connectivity index (χ1v) is 2.84. The molecule has 0 rings (SSSR count). The summed E-state index contributed by atoms with van der Waals surface area (Å²) in [5.41, 5.74) is 5.19. The lowest BCUT2D eigenvalue weighted by Crippen LogP contribution is -2.03. The van der Waals surface area contributed by atoms with Crippen molar-refractivity contribution in [1.82, 2.24) is 0 Å². The average molecular weight is 128 g/mol. The normalized spacial score (nSPS) is 14.0. The van der Waals surface area contributed by atoms with E-state index in [1.54, 1.807) is 6.92 Å². The van der Waals surface area contributed by atoms with Crippen molar-refractivity contribution in [3.63, 3.8) is 0 Å². The number of aliphatic hydroxyl groups excluding tert-OH is 1. The molecular formula is C6H12N2O. The predicted octanol–water partition coefficient (Wildman–Crippen LogP) is 1.17. The second kappa shape index (κ2) is 3.95. The van der Waals surface area contributed by atoms with Crippen molar-refractivity contribution in [3.8, 4) is 0 Å². The summed E-state index contributed by atoms with van der Waals surface area (Å²) in [6.07, 6.45) is 1.95. The highest BCUT2D eigenvalue weighted by atomic mass is 16.3. The third-order valence-electron chi connectivity index (χ3n) is 0.779. The Morgan fingerprint density at radius 1 is 1.78 bits per heavy atom. The molecule has 0 amide bonds. The Morgan fingerprint density at radius 3 is 2.67 bits per heavy atom. The highest BCUT2D eigenvalue weighted by molar-refractivity contribution is 5.77. The standard InChI is InChI=1S/C6H12N2O/c1-3-6(9)4-8-5(2)7/h4,9H,3H2,1-2H3,(H2,7,8)/b6-4+. The van der Waals surface area contributed by atoms with Crippen LogP contribution in [0.4, 0.5) is 0 Å². The Labute approximate surface area is 54.9 Å². The van der Waals surface area contributed by atoms with Crippen LogP contribution in [0.1, 0.15) is 20.3 Å². The van der Waals surface area contributed by atoms with Gasteiger partial charge in [-0.1, -0.05) is 6.92 Å². The molecule has 0 aromatic rings. The van der Waals surface area contributed by atoms with Gasteiger partial charge in [0.15, 0.2) is 0 Å². The molecule has 3 nitrogen and oxygen atoms in total. The molecule has 0 aliphatic heterocycles. The molecule has 0 radical (unpaired) electrons. The summed E-state index contributed by atoms with van der Waals surface area (Å²) in [7, 11) is 0. The number of rotatable bonds is 2. The van der Waals surface area contributed by atoms with Crippen molar-refractivity contribution in [3.05, 3.63) is 12.0 Å². The molecule has 3 heteroatoms. The molecule has 0 saturated heterocycles. The largest absolute Gasteiger partial charge is 0.511 e. The summed E-state index contributed by atoms with van der Waals surface area (Å²) in [4.78, 5) is 3.68. The van der Waals surface area contributed by atoms with Crippen LogP contribution in [0, 0.1) is 0 Å². The SMILES string of the molecule is CC/C(O)=C\N=C(C)N. The van der Waals surface area contributed by atoms with E-state index < -0.39 is 0 Å². The van der Waals surface area contributed by atoms with E-state index in [0.29, 0.717) is 12.3 Å². The van der Waals surface area contributed by atoms with Crippen LogP contribution in [-0.2, 0) is 0 Å². The molecule has 0 unspecified atom stereocenters. The molecule has 0 bridgehead atoms. The van der Waals surface area contributed by atoms with Gasteiger partial charge >= 0.3 is 0 Å². The van der Waals surface area contributed by atoms with Crippen LogP contribution in [0.25, 0.3) is 0 Å². The molecule has 0 spiro atoms. The van der Waals surface area contributed by atoms with Gasteiger partial charge < -0.3 is 10.8 Å². The van der Waals surface area contributed by atoms with E-state index in [4.69, 9.17) is 10.8 Å². The fourth-order valence-electron chi connectivity index (χ4n) is 0.268. The molecule has 0 aliphatic rings. The Kier molecular flexibility index (Phi) is 3.51. The van der Waals surface area contributed by atoms with E-state index in [1.807, 2.05) is 6.92 Å². The maximum absolute atomic E-state index is 8.81. The van der Waals surface area contributed by atoms with Crippen LogP contribution in [0.2, 0.25) is 0 Å². The molecule has 0 saturated carbocycles. The Balaban J connectivity index is 3.83. The Bertz CT molecular complexity index is 134. The van der Waals surface area contributed by atoms with E-state index in [0.717, 1.165) is 0 Å². The number of nitrogens with two attached hydrogens (primary N) is 1. The van der Waals surface area contributed by atoms with Crippen LogP contribution in [0.3, 0.4) is 0 Å². The summed E-state index contributed by atoms with van der Waals surface area (Å²) >= 11 is 0. The summed E-state index contributed by atoms with van der Waals surface area (Å²) in [5.74, 6) is 0.704. The predicted molar refractivity (Wildman–Crippen MR) is 38.3 cm³/mol. The summed E-state index contributed by atoms with van der Waals surface area (Å²) in [5, 5.41) is 8.81. The van der Waals surface area contributed by atoms with Gasteiger partial charge in [0.05, 0.1) is 12.0 Å². The lowest BCUT2D eigenvalue weighted by Gasteiger charge is -1.88. The number of nitrogens with zero attached hydrogens (tertiary/aromatic N) is 1. The maximum Gasteiger partial charge on any atom is 0.110 e. The second-order valence-corrected chi connectivity index (χ2v) is 1.74. The monoisotopic (exact) mass is 128 g/mol. The molecule has 0 aliphatic carbocycles. The molecule has 0 aromatic carbocycles. The van der Waals surface area contributed by atoms with Crippen LogP contribution in [-0.4, -0.2) is 10.9 Å². The third-order valence-corrected chi connectivity index (χ3v) is 0.779. The van der Waals surface area contributed by atoms with Gasteiger partial charge in [-0.2, -0.15) is 0 Å².